The molecule has 0 unspecified atom stereocenters. The Morgan fingerprint density at radius 1 is 1.15 bits per heavy atom. The second-order valence-electron chi connectivity index (χ2n) is 7.19. The first kappa shape index (κ1) is 19.8. The first-order valence-electron chi connectivity index (χ1n) is 9.12. The highest BCUT2D eigenvalue weighted by molar-refractivity contribution is 5.79. The lowest BCUT2D eigenvalue weighted by molar-refractivity contribution is 0.321. The number of hydrogen-bond acceptors (Lipinski definition) is 3. The average Bonchev–Trinajstić information content (AvgIpc) is 3.01. The van der Waals surface area contributed by atoms with Gasteiger partial charge >= 0.3 is 0 Å². The maximum absolute atomic E-state index is 5.81. The van der Waals surface area contributed by atoms with Gasteiger partial charge in [0.25, 0.3) is 0 Å². The van der Waals surface area contributed by atoms with Gasteiger partial charge in [-0.2, -0.15) is 5.10 Å². The molecule has 0 saturated heterocycles. The summed E-state index contributed by atoms with van der Waals surface area (Å²) < 4.78 is 7.64. The van der Waals surface area contributed by atoms with Crippen LogP contribution in [0.15, 0.2) is 41.5 Å². The minimum Gasteiger partial charge on any atom is -0.492 e. The van der Waals surface area contributed by atoms with Gasteiger partial charge in [0.15, 0.2) is 5.96 Å². The van der Waals surface area contributed by atoms with E-state index in [4.69, 9.17) is 4.74 Å². The first-order valence-corrected chi connectivity index (χ1v) is 9.12. The molecule has 0 aliphatic heterocycles. The Kier molecular flexibility index (Phi) is 7.06. The van der Waals surface area contributed by atoms with E-state index in [1.54, 1.807) is 6.20 Å². The van der Waals surface area contributed by atoms with Gasteiger partial charge in [0.1, 0.15) is 12.4 Å². The largest absolute Gasteiger partial charge is 0.492 e. The molecule has 0 bridgehead atoms. The van der Waals surface area contributed by atoms with Crippen LogP contribution in [-0.2, 0) is 19.0 Å². The van der Waals surface area contributed by atoms with Gasteiger partial charge in [-0.25, -0.2) is 4.99 Å². The Bertz CT molecular complexity index is 698. The van der Waals surface area contributed by atoms with Gasteiger partial charge in [-0.15, -0.1) is 0 Å². The number of aromatic nitrogens is 2. The third-order valence-electron chi connectivity index (χ3n) is 4.05. The monoisotopic (exact) mass is 357 g/mol. The molecular weight excluding hydrogens is 326 g/mol. The van der Waals surface area contributed by atoms with E-state index in [-0.39, 0.29) is 5.41 Å². The number of aliphatic imine (C=N–C) groups is 1. The number of ether oxygens (including phenoxy) is 1. The van der Waals surface area contributed by atoms with Crippen LogP contribution in [0.5, 0.6) is 5.75 Å². The summed E-state index contributed by atoms with van der Waals surface area (Å²) >= 11 is 0. The number of rotatable bonds is 7. The van der Waals surface area contributed by atoms with Crippen molar-refractivity contribution in [2.24, 2.45) is 12.0 Å². The average molecular weight is 358 g/mol. The summed E-state index contributed by atoms with van der Waals surface area (Å²) in [5.41, 5.74) is 2.53. The van der Waals surface area contributed by atoms with Crippen LogP contribution in [0.25, 0.3) is 0 Å². The molecule has 6 nitrogen and oxygen atoms in total. The minimum atomic E-state index is 0.158. The zero-order valence-electron chi connectivity index (χ0n) is 16.5. The van der Waals surface area contributed by atoms with Crippen molar-refractivity contribution in [1.29, 1.82) is 0 Å². The number of hydrogen-bond donors (Lipinski definition) is 2. The van der Waals surface area contributed by atoms with Gasteiger partial charge in [0.2, 0.25) is 0 Å². The summed E-state index contributed by atoms with van der Waals surface area (Å²) in [7, 11) is 1.92. The third kappa shape index (κ3) is 6.10. The highest BCUT2D eigenvalue weighted by Crippen LogP contribution is 2.24. The van der Waals surface area contributed by atoms with Crippen LogP contribution in [0, 0.1) is 0 Å². The molecule has 1 heterocycles. The molecule has 0 aliphatic rings. The lowest BCUT2D eigenvalue weighted by Crippen LogP contribution is -2.39. The summed E-state index contributed by atoms with van der Waals surface area (Å²) in [4.78, 5) is 4.58. The van der Waals surface area contributed by atoms with Crippen LogP contribution in [0.2, 0.25) is 0 Å². The molecule has 142 valence electrons. The normalized spacial score (nSPS) is 12.1. The summed E-state index contributed by atoms with van der Waals surface area (Å²) in [6.07, 6.45) is 1.78. The van der Waals surface area contributed by atoms with Crippen molar-refractivity contribution in [3.05, 3.63) is 47.8 Å². The molecule has 0 amide bonds. The molecule has 0 aliphatic carbocycles. The number of nitrogens with zero attached hydrogens (tertiary/aromatic N) is 3. The van der Waals surface area contributed by atoms with Crippen LogP contribution in [0.3, 0.4) is 0 Å². The van der Waals surface area contributed by atoms with Crippen LogP contribution in [-0.4, -0.2) is 35.4 Å². The molecular formula is C20H31N5O. The topological polar surface area (TPSA) is 63.5 Å². The first-order chi connectivity index (χ1) is 12.4. The fraction of sp³-hybridized carbons (Fsp3) is 0.500. The highest BCUT2D eigenvalue weighted by Gasteiger charge is 2.12. The van der Waals surface area contributed by atoms with E-state index in [0.29, 0.717) is 19.7 Å². The molecule has 1 aromatic heterocycles. The van der Waals surface area contributed by atoms with Crippen molar-refractivity contribution in [1.82, 2.24) is 20.4 Å². The van der Waals surface area contributed by atoms with Crippen LogP contribution in [0.1, 0.15) is 39.0 Å². The van der Waals surface area contributed by atoms with Crippen molar-refractivity contribution in [2.45, 2.75) is 39.7 Å². The zero-order chi connectivity index (χ0) is 19.0. The van der Waals surface area contributed by atoms with Crippen molar-refractivity contribution in [3.63, 3.8) is 0 Å². The predicted molar refractivity (Wildman–Crippen MR) is 107 cm³/mol. The van der Waals surface area contributed by atoms with E-state index >= 15 is 0 Å². The van der Waals surface area contributed by atoms with E-state index in [1.807, 2.05) is 29.9 Å². The maximum atomic E-state index is 5.81. The number of guanidine groups is 1. The standard InChI is InChI=1S/C20H31N5O/c1-6-21-19(23-15-17-11-12-24-25(17)5)22-13-14-26-18-9-7-16(8-10-18)20(2,3)4/h7-12H,6,13-15H2,1-5H3,(H2,21,22,23). The summed E-state index contributed by atoms with van der Waals surface area (Å²) in [6.45, 7) is 11.3. The molecule has 0 atom stereocenters. The Balaban J connectivity index is 1.79. The van der Waals surface area contributed by atoms with E-state index < -0.39 is 0 Å². The lowest BCUT2D eigenvalue weighted by atomic mass is 9.87. The zero-order valence-corrected chi connectivity index (χ0v) is 16.5. The Morgan fingerprint density at radius 3 is 2.46 bits per heavy atom. The molecule has 2 rings (SSSR count). The third-order valence-corrected chi connectivity index (χ3v) is 4.05. The number of nitrogens with one attached hydrogen (secondary N) is 2. The van der Waals surface area contributed by atoms with E-state index in [2.05, 4.69) is 60.6 Å². The summed E-state index contributed by atoms with van der Waals surface area (Å²) in [5.74, 6) is 1.66. The molecule has 1 aromatic carbocycles. The van der Waals surface area contributed by atoms with Gasteiger partial charge in [-0.3, -0.25) is 4.68 Å². The molecule has 0 saturated carbocycles. The van der Waals surface area contributed by atoms with E-state index in [0.717, 1.165) is 23.9 Å². The van der Waals surface area contributed by atoms with E-state index in [9.17, 15) is 0 Å². The molecule has 26 heavy (non-hydrogen) atoms. The Morgan fingerprint density at radius 2 is 1.88 bits per heavy atom. The van der Waals surface area contributed by atoms with Crippen molar-refractivity contribution in [3.8, 4) is 5.75 Å². The van der Waals surface area contributed by atoms with Crippen LogP contribution in [0.4, 0.5) is 0 Å². The Hall–Kier alpha value is -2.50. The number of benzene rings is 1. The van der Waals surface area contributed by atoms with Gasteiger partial charge in [-0.05, 0) is 36.1 Å². The van der Waals surface area contributed by atoms with Crippen molar-refractivity contribution in [2.75, 3.05) is 19.7 Å². The molecule has 0 fully saturated rings. The summed E-state index contributed by atoms with van der Waals surface area (Å²) in [6, 6.07) is 10.3. The molecule has 6 heteroatoms. The summed E-state index contributed by atoms with van der Waals surface area (Å²) in [5, 5.41) is 10.7. The molecule has 2 aromatic rings. The quantitative estimate of drug-likeness (QED) is 0.454. The lowest BCUT2D eigenvalue weighted by Gasteiger charge is -2.19. The minimum absolute atomic E-state index is 0.158. The fourth-order valence-corrected chi connectivity index (χ4v) is 2.45. The SMILES string of the molecule is CCNC(=NCc1ccnn1C)NCCOc1ccc(C(C)(C)C)cc1. The molecule has 0 radical (unpaired) electrons. The fourth-order valence-electron chi connectivity index (χ4n) is 2.45. The second-order valence-corrected chi connectivity index (χ2v) is 7.19. The highest BCUT2D eigenvalue weighted by atomic mass is 16.5. The van der Waals surface area contributed by atoms with Gasteiger partial charge in [-0.1, -0.05) is 32.9 Å². The molecule has 0 spiro atoms. The molecule has 2 N–H and O–H groups in total. The Labute approximate surface area is 156 Å². The maximum Gasteiger partial charge on any atom is 0.191 e. The second kappa shape index (κ2) is 9.27. The van der Waals surface area contributed by atoms with Crippen molar-refractivity contribution >= 4 is 5.96 Å². The van der Waals surface area contributed by atoms with Crippen LogP contribution < -0.4 is 15.4 Å². The van der Waals surface area contributed by atoms with Gasteiger partial charge in [0.05, 0.1) is 18.8 Å². The van der Waals surface area contributed by atoms with Crippen LogP contribution >= 0.6 is 0 Å². The predicted octanol–water partition coefficient (Wildman–Crippen LogP) is 2.85. The number of aryl methyl sites for hydroxylation is 1. The van der Waals surface area contributed by atoms with E-state index in [1.165, 1.54) is 5.56 Å². The van der Waals surface area contributed by atoms with Gasteiger partial charge < -0.3 is 15.4 Å². The smallest absolute Gasteiger partial charge is 0.191 e. The van der Waals surface area contributed by atoms with Crippen molar-refractivity contribution < 1.29 is 4.74 Å². The van der Waals surface area contributed by atoms with Gasteiger partial charge in [0, 0.05) is 19.8 Å².